The summed E-state index contributed by atoms with van der Waals surface area (Å²) in [5.74, 6) is -1.61. The number of carboxylic acids is 1. The molecule has 1 aliphatic carbocycles. The van der Waals surface area contributed by atoms with Crippen LogP contribution < -0.4 is 5.32 Å². The van der Waals surface area contributed by atoms with Crippen molar-refractivity contribution in [1.82, 2.24) is 5.32 Å². The van der Waals surface area contributed by atoms with Gasteiger partial charge in [-0.1, -0.05) is 38.1 Å². The Morgan fingerprint density at radius 1 is 1.32 bits per heavy atom. The number of carboxylic acid groups (broad SMARTS) is 1. The topological polar surface area (TPSA) is 86.6 Å². The number of benzene rings is 1. The largest absolute Gasteiger partial charge is 0.481 e. The van der Waals surface area contributed by atoms with Gasteiger partial charge >= 0.3 is 5.97 Å². The van der Waals surface area contributed by atoms with Gasteiger partial charge in [0.05, 0.1) is 18.6 Å². The molecule has 2 unspecified atom stereocenters. The number of hydrogen-bond donors (Lipinski definition) is 3. The van der Waals surface area contributed by atoms with Crippen LogP contribution in [0.4, 0.5) is 0 Å². The van der Waals surface area contributed by atoms with Gasteiger partial charge in [-0.3, -0.25) is 9.59 Å². The molecular formula is C17H23NO4. The molecule has 0 heterocycles. The average molecular weight is 305 g/mol. The maximum atomic E-state index is 12.4. The lowest BCUT2D eigenvalue weighted by Crippen LogP contribution is -2.39. The van der Waals surface area contributed by atoms with Crippen molar-refractivity contribution >= 4 is 11.9 Å². The highest BCUT2D eigenvalue weighted by Crippen LogP contribution is 2.31. The summed E-state index contributed by atoms with van der Waals surface area (Å²) in [6.45, 7) is 3.92. The number of carbonyl (C=O) groups excluding carboxylic acids is 1. The van der Waals surface area contributed by atoms with E-state index in [9.17, 15) is 14.7 Å². The number of hydrogen-bond acceptors (Lipinski definition) is 3. The zero-order valence-electron chi connectivity index (χ0n) is 13.0. The maximum Gasteiger partial charge on any atom is 0.304 e. The van der Waals surface area contributed by atoms with Crippen molar-refractivity contribution in [2.24, 2.45) is 11.8 Å². The molecule has 0 aliphatic heterocycles. The standard InChI is InChI=1S/C17H23NO4/c1-10(2)7-12(9-15(20)21)17(22)18-16-13-6-4-3-5-11(13)8-14(16)19/h3-6,10,12,14,16,19H,7-9H2,1-2H3,(H,18,22)(H,20,21)/t12?,14?,16-/m0/s1. The molecule has 0 fully saturated rings. The molecule has 0 saturated heterocycles. The second-order valence-corrected chi connectivity index (χ2v) is 6.38. The number of fused-ring (bicyclic) bond motifs is 1. The van der Waals surface area contributed by atoms with Gasteiger partial charge in [-0.2, -0.15) is 0 Å². The van der Waals surface area contributed by atoms with Gasteiger partial charge in [0.1, 0.15) is 0 Å². The number of carbonyl (C=O) groups is 2. The van der Waals surface area contributed by atoms with Crippen LogP contribution in [0.3, 0.4) is 0 Å². The van der Waals surface area contributed by atoms with E-state index in [2.05, 4.69) is 5.32 Å². The van der Waals surface area contributed by atoms with Crippen LogP contribution >= 0.6 is 0 Å². The summed E-state index contributed by atoms with van der Waals surface area (Å²) >= 11 is 0. The third-order valence-electron chi connectivity index (χ3n) is 4.05. The molecule has 1 amide bonds. The fourth-order valence-electron chi connectivity index (χ4n) is 3.08. The molecule has 1 aromatic carbocycles. The normalized spacial score (nSPS) is 21.5. The van der Waals surface area contributed by atoms with Crippen molar-refractivity contribution in [3.8, 4) is 0 Å². The minimum absolute atomic E-state index is 0.186. The molecule has 3 N–H and O–H groups in total. The smallest absolute Gasteiger partial charge is 0.304 e. The Kier molecular flexibility index (Phi) is 5.19. The van der Waals surface area contributed by atoms with Crippen molar-refractivity contribution in [2.75, 3.05) is 0 Å². The molecule has 2 rings (SSSR count). The Bertz CT molecular complexity index is 555. The second kappa shape index (κ2) is 6.92. The van der Waals surface area contributed by atoms with Gasteiger partial charge in [0, 0.05) is 12.3 Å². The summed E-state index contributed by atoms with van der Waals surface area (Å²) in [5.41, 5.74) is 1.95. The molecule has 120 valence electrons. The lowest BCUT2D eigenvalue weighted by molar-refractivity contribution is -0.141. The predicted molar refractivity (Wildman–Crippen MR) is 82.2 cm³/mol. The number of amides is 1. The molecule has 5 nitrogen and oxygen atoms in total. The maximum absolute atomic E-state index is 12.4. The average Bonchev–Trinajstić information content (AvgIpc) is 2.73. The van der Waals surface area contributed by atoms with Crippen molar-refractivity contribution in [3.05, 3.63) is 35.4 Å². The van der Waals surface area contributed by atoms with Crippen molar-refractivity contribution in [3.63, 3.8) is 0 Å². The number of aliphatic hydroxyl groups excluding tert-OH is 1. The number of rotatable bonds is 6. The lowest BCUT2D eigenvalue weighted by atomic mass is 9.92. The van der Waals surface area contributed by atoms with E-state index in [0.717, 1.165) is 11.1 Å². The van der Waals surface area contributed by atoms with E-state index >= 15 is 0 Å². The first-order chi connectivity index (χ1) is 10.4. The Morgan fingerprint density at radius 2 is 2.00 bits per heavy atom. The van der Waals surface area contributed by atoms with E-state index in [1.165, 1.54) is 0 Å². The first kappa shape index (κ1) is 16.5. The molecule has 5 heteroatoms. The summed E-state index contributed by atoms with van der Waals surface area (Å²) in [6, 6.07) is 7.16. The Morgan fingerprint density at radius 3 is 2.64 bits per heavy atom. The molecule has 1 aromatic rings. The highest BCUT2D eigenvalue weighted by molar-refractivity contribution is 5.83. The van der Waals surface area contributed by atoms with Gasteiger partial charge in [0.15, 0.2) is 0 Å². The first-order valence-electron chi connectivity index (χ1n) is 7.66. The van der Waals surface area contributed by atoms with E-state index in [1.807, 2.05) is 38.1 Å². The van der Waals surface area contributed by atoms with Gasteiger partial charge in [0.25, 0.3) is 0 Å². The molecule has 0 bridgehead atoms. The highest BCUT2D eigenvalue weighted by Gasteiger charge is 2.34. The summed E-state index contributed by atoms with van der Waals surface area (Å²) in [7, 11) is 0. The van der Waals surface area contributed by atoms with Gasteiger partial charge in [-0.05, 0) is 23.5 Å². The van der Waals surface area contributed by atoms with Crippen LogP contribution in [0.25, 0.3) is 0 Å². The van der Waals surface area contributed by atoms with E-state index in [-0.39, 0.29) is 18.2 Å². The molecule has 0 spiro atoms. The summed E-state index contributed by atoms with van der Waals surface area (Å²) < 4.78 is 0. The molecule has 0 aromatic heterocycles. The minimum Gasteiger partial charge on any atom is -0.481 e. The van der Waals surface area contributed by atoms with Gasteiger partial charge in [-0.25, -0.2) is 0 Å². The molecule has 1 aliphatic rings. The van der Waals surface area contributed by atoms with Crippen LogP contribution in [0.5, 0.6) is 0 Å². The monoisotopic (exact) mass is 305 g/mol. The molecule has 0 saturated carbocycles. The third-order valence-corrected chi connectivity index (χ3v) is 4.05. The fourth-order valence-corrected chi connectivity index (χ4v) is 3.08. The van der Waals surface area contributed by atoms with Crippen LogP contribution in [-0.4, -0.2) is 28.2 Å². The van der Waals surface area contributed by atoms with E-state index in [0.29, 0.717) is 12.8 Å². The Hall–Kier alpha value is -1.88. The second-order valence-electron chi connectivity index (χ2n) is 6.38. The van der Waals surface area contributed by atoms with Crippen molar-refractivity contribution < 1.29 is 19.8 Å². The van der Waals surface area contributed by atoms with E-state index < -0.39 is 24.0 Å². The summed E-state index contributed by atoms with van der Waals surface area (Å²) in [5, 5.41) is 22.0. The van der Waals surface area contributed by atoms with Crippen LogP contribution in [-0.2, 0) is 16.0 Å². The third kappa shape index (κ3) is 3.85. The highest BCUT2D eigenvalue weighted by atomic mass is 16.4. The number of nitrogens with one attached hydrogen (secondary N) is 1. The zero-order chi connectivity index (χ0) is 16.3. The number of aliphatic hydroxyl groups is 1. The van der Waals surface area contributed by atoms with Crippen LogP contribution in [0.1, 0.15) is 43.9 Å². The van der Waals surface area contributed by atoms with Crippen LogP contribution in [0.2, 0.25) is 0 Å². The number of aliphatic carboxylic acids is 1. The Balaban J connectivity index is 2.10. The molecular weight excluding hydrogens is 282 g/mol. The van der Waals surface area contributed by atoms with Crippen LogP contribution in [0.15, 0.2) is 24.3 Å². The SMILES string of the molecule is CC(C)CC(CC(=O)O)C(=O)N[C@H]1c2ccccc2CC1O. The fraction of sp³-hybridized carbons (Fsp3) is 0.529. The van der Waals surface area contributed by atoms with Gasteiger partial charge < -0.3 is 15.5 Å². The molecule has 0 radical (unpaired) electrons. The van der Waals surface area contributed by atoms with Gasteiger partial charge in [-0.15, -0.1) is 0 Å². The van der Waals surface area contributed by atoms with Crippen LogP contribution in [0, 0.1) is 11.8 Å². The molecule has 3 atom stereocenters. The summed E-state index contributed by atoms with van der Waals surface area (Å²) in [4.78, 5) is 23.4. The van der Waals surface area contributed by atoms with Crippen molar-refractivity contribution in [1.29, 1.82) is 0 Å². The Labute approximate surface area is 130 Å². The first-order valence-corrected chi connectivity index (χ1v) is 7.66. The van der Waals surface area contributed by atoms with E-state index in [1.54, 1.807) is 0 Å². The lowest BCUT2D eigenvalue weighted by Gasteiger charge is -2.22. The van der Waals surface area contributed by atoms with E-state index in [4.69, 9.17) is 5.11 Å². The minimum atomic E-state index is -0.979. The molecule has 22 heavy (non-hydrogen) atoms. The zero-order valence-corrected chi connectivity index (χ0v) is 13.0. The summed E-state index contributed by atoms with van der Waals surface area (Å²) in [6.07, 6.45) is 0.178. The predicted octanol–water partition coefficient (Wildman–Crippen LogP) is 1.90. The quantitative estimate of drug-likeness (QED) is 0.749. The van der Waals surface area contributed by atoms with Crippen molar-refractivity contribution in [2.45, 2.75) is 45.3 Å². The van der Waals surface area contributed by atoms with Gasteiger partial charge in [0.2, 0.25) is 5.91 Å².